The third kappa shape index (κ3) is 3.59. The maximum atomic E-state index is 12.1. The van der Waals surface area contributed by atoms with Crippen LogP contribution in [0.2, 0.25) is 0 Å². The van der Waals surface area contributed by atoms with Crippen LogP contribution in [0.5, 0.6) is 0 Å². The van der Waals surface area contributed by atoms with Gasteiger partial charge >= 0.3 is 6.03 Å². The van der Waals surface area contributed by atoms with Crippen molar-refractivity contribution in [2.24, 2.45) is 0 Å². The molecule has 2 rings (SSSR count). The third-order valence-corrected chi connectivity index (χ3v) is 4.15. The molecular weight excluding hydrogens is 228 g/mol. The molecule has 0 aromatic rings. The molecule has 2 heterocycles. The standard InChI is InChI=1S/C13H26N4O/c1-3-16-8-10-17(11-9-16)13(18)14-12-4-6-15(2)7-5-12/h12H,3-11H2,1-2H3,(H,14,18). The summed E-state index contributed by atoms with van der Waals surface area (Å²) in [6.07, 6.45) is 2.16. The van der Waals surface area contributed by atoms with Gasteiger partial charge in [0.05, 0.1) is 0 Å². The van der Waals surface area contributed by atoms with Gasteiger partial charge in [0.15, 0.2) is 0 Å². The number of nitrogens with zero attached hydrogens (tertiary/aromatic N) is 3. The van der Waals surface area contributed by atoms with E-state index in [-0.39, 0.29) is 6.03 Å². The molecule has 5 heteroatoms. The van der Waals surface area contributed by atoms with Crippen molar-refractivity contribution >= 4 is 6.03 Å². The zero-order chi connectivity index (χ0) is 13.0. The minimum Gasteiger partial charge on any atom is -0.335 e. The molecule has 0 aromatic carbocycles. The second-order valence-corrected chi connectivity index (χ2v) is 5.45. The Kier molecular flexibility index (Phi) is 4.83. The van der Waals surface area contributed by atoms with Crippen LogP contribution in [0.15, 0.2) is 0 Å². The van der Waals surface area contributed by atoms with Gasteiger partial charge < -0.3 is 20.0 Å². The zero-order valence-corrected chi connectivity index (χ0v) is 11.7. The van der Waals surface area contributed by atoms with E-state index in [1.54, 1.807) is 0 Å². The molecular formula is C13H26N4O. The van der Waals surface area contributed by atoms with E-state index in [9.17, 15) is 4.79 Å². The van der Waals surface area contributed by atoms with E-state index in [1.165, 1.54) is 0 Å². The summed E-state index contributed by atoms with van der Waals surface area (Å²) in [5, 5.41) is 3.18. The number of hydrogen-bond acceptors (Lipinski definition) is 3. The Bertz CT molecular complexity index is 268. The number of urea groups is 1. The molecule has 0 unspecified atom stereocenters. The van der Waals surface area contributed by atoms with Crippen molar-refractivity contribution in [3.05, 3.63) is 0 Å². The maximum Gasteiger partial charge on any atom is 0.317 e. The summed E-state index contributed by atoms with van der Waals surface area (Å²) in [6.45, 7) is 9.20. The maximum absolute atomic E-state index is 12.1. The van der Waals surface area contributed by atoms with Crippen molar-refractivity contribution in [2.75, 3.05) is 52.9 Å². The van der Waals surface area contributed by atoms with Gasteiger partial charge in [0.1, 0.15) is 0 Å². The van der Waals surface area contributed by atoms with Crippen molar-refractivity contribution in [3.63, 3.8) is 0 Å². The first-order valence-corrected chi connectivity index (χ1v) is 7.15. The fraction of sp³-hybridized carbons (Fsp3) is 0.923. The molecule has 18 heavy (non-hydrogen) atoms. The van der Waals surface area contributed by atoms with Gasteiger partial charge in [-0.05, 0) is 39.5 Å². The molecule has 0 saturated carbocycles. The molecule has 0 radical (unpaired) electrons. The highest BCUT2D eigenvalue weighted by Gasteiger charge is 2.23. The summed E-state index contributed by atoms with van der Waals surface area (Å²) in [5.74, 6) is 0. The molecule has 0 bridgehead atoms. The lowest BCUT2D eigenvalue weighted by Gasteiger charge is -2.36. The summed E-state index contributed by atoms with van der Waals surface area (Å²) in [4.78, 5) is 18.8. The fourth-order valence-electron chi connectivity index (χ4n) is 2.69. The molecule has 2 saturated heterocycles. The number of likely N-dealkylation sites (N-methyl/N-ethyl adjacent to an activating group) is 1. The number of likely N-dealkylation sites (tertiary alicyclic amines) is 1. The molecule has 2 aliphatic rings. The Morgan fingerprint density at radius 1 is 1.11 bits per heavy atom. The Balaban J connectivity index is 1.72. The van der Waals surface area contributed by atoms with Crippen LogP contribution in [0.1, 0.15) is 19.8 Å². The number of carbonyl (C=O) groups excluding carboxylic acids is 1. The first-order chi connectivity index (χ1) is 8.69. The Hall–Kier alpha value is -0.810. The predicted octanol–water partition coefficient (Wildman–Crippen LogP) is 0.428. The molecule has 5 nitrogen and oxygen atoms in total. The summed E-state index contributed by atoms with van der Waals surface area (Å²) in [5.41, 5.74) is 0. The van der Waals surface area contributed by atoms with Crippen molar-refractivity contribution in [1.29, 1.82) is 0 Å². The van der Waals surface area contributed by atoms with Gasteiger partial charge in [0.2, 0.25) is 0 Å². The normalized spacial score (nSPS) is 24.2. The molecule has 0 aliphatic carbocycles. The lowest BCUT2D eigenvalue weighted by Crippen LogP contribution is -2.54. The quantitative estimate of drug-likeness (QED) is 0.776. The Morgan fingerprint density at radius 3 is 2.28 bits per heavy atom. The number of piperidine rings is 1. The van der Waals surface area contributed by atoms with Gasteiger partial charge in [-0.3, -0.25) is 0 Å². The number of amides is 2. The summed E-state index contributed by atoms with van der Waals surface area (Å²) in [7, 11) is 2.14. The van der Waals surface area contributed by atoms with Crippen LogP contribution in [0.3, 0.4) is 0 Å². The minimum atomic E-state index is 0.139. The molecule has 0 spiro atoms. The van der Waals surface area contributed by atoms with E-state index in [4.69, 9.17) is 0 Å². The largest absolute Gasteiger partial charge is 0.335 e. The molecule has 2 fully saturated rings. The van der Waals surface area contributed by atoms with Crippen molar-refractivity contribution in [2.45, 2.75) is 25.8 Å². The van der Waals surface area contributed by atoms with E-state index >= 15 is 0 Å². The molecule has 0 aromatic heterocycles. The van der Waals surface area contributed by atoms with Crippen molar-refractivity contribution in [3.8, 4) is 0 Å². The second kappa shape index (κ2) is 6.38. The van der Waals surface area contributed by atoms with E-state index in [1.807, 2.05) is 4.90 Å². The highest BCUT2D eigenvalue weighted by Crippen LogP contribution is 2.09. The lowest BCUT2D eigenvalue weighted by atomic mass is 10.1. The third-order valence-electron chi connectivity index (χ3n) is 4.15. The van der Waals surface area contributed by atoms with Crippen LogP contribution in [-0.4, -0.2) is 79.6 Å². The topological polar surface area (TPSA) is 38.8 Å². The average molecular weight is 254 g/mol. The minimum absolute atomic E-state index is 0.139. The first kappa shape index (κ1) is 13.6. The van der Waals surface area contributed by atoms with Crippen LogP contribution in [-0.2, 0) is 0 Å². The molecule has 2 amide bonds. The predicted molar refractivity (Wildman–Crippen MR) is 72.7 cm³/mol. The van der Waals surface area contributed by atoms with Gasteiger partial charge in [-0.2, -0.15) is 0 Å². The van der Waals surface area contributed by atoms with E-state index in [2.05, 4.69) is 29.1 Å². The van der Waals surface area contributed by atoms with Gasteiger partial charge in [0, 0.05) is 32.2 Å². The van der Waals surface area contributed by atoms with Gasteiger partial charge in [-0.25, -0.2) is 4.79 Å². The Morgan fingerprint density at radius 2 is 1.72 bits per heavy atom. The second-order valence-electron chi connectivity index (χ2n) is 5.45. The number of carbonyl (C=O) groups is 1. The van der Waals surface area contributed by atoms with Crippen LogP contribution in [0.25, 0.3) is 0 Å². The van der Waals surface area contributed by atoms with Crippen LogP contribution in [0, 0.1) is 0 Å². The summed E-state index contributed by atoms with van der Waals surface area (Å²) in [6, 6.07) is 0.512. The van der Waals surface area contributed by atoms with Crippen molar-refractivity contribution in [1.82, 2.24) is 20.0 Å². The Labute approximate surface area is 110 Å². The van der Waals surface area contributed by atoms with E-state index < -0.39 is 0 Å². The van der Waals surface area contributed by atoms with E-state index in [0.29, 0.717) is 6.04 Å². The SMILES string of the molecule is CCN1CCN(C(=O)NC2CCN(C)CC2)CC1. The smallest absolute Gasteiger partial charge is 0.317 e. The number of rotatable bonds is 2. The summed E-state index contributed by atoms with van der Waals surface area (Å²) >= 11 is 0. The number of hydrogen-bond donors (Lipinski definition) is 1. The first-order valence-electron chi connectivity index (χ1n) is 7.15. The molecule has 104 valence electrons. The molecule has 1 N–H and O–H groups in total. The van der Waals surface area contributed by atoms with E-state index in [0.717, 1.165) is 58.7 Å². The van der Waals surface area contributed by atoms with Gasteiger partial charge in [0.25, 0.3) is 0 Å². The summed E-state index contributed by atoms with van der Waals surface area (Å²) < 4.78 is 0. The lowest BCUT2D eigenvalue weighted by molar-refractivity contribution is 0.136. The van der Waals surface area contributed by atoms with Crippen LogP contribution < -0.4 is 5.32 Å². The number of piperazine rings is 1. The zero-order valence-electron chi connectivity index (χ0n) is 11.7. The van der Waals surface area contributed by atoms with Crippen LogP contribution >= 0.6 is 0 Å². The van der Waals surface area contributed by atoms with Crippen molar-refractivity contribution < 1.29 is 4.79 Å². The highest BCUT2D eigenvalue weighted by molar-refractivity contribution is 5.74. The van der Waals surface area contributed by atoms with Gasteiger partial charge in [-0.1, -0.05) is 6.92 Å². The monoisotopic (exact) mass is 254 g/mol. The molecule has 0 atom stereocenters. The highest BCUT2D eigenvalue weighted by atomic mass is 16.2. The van der Waals surface area contributed by atoms with Gasteiger partial charge in [-0.15, -0.1) is 0 Å². The van der Waals surface area contributed by atoms with Crippen LogP contribution in [0.4, 0.5) is 4.79 Å². The fourth-order valence-corrected chi connectivity index (χ4v) is 2.69. The molecule has 2 aliphatic heterocycles. The number of nitrogens with one attached hydrogen (secondary N) is 1. The average Bonchev–Trinajstić information content (AvgIpc) is 2.41.